The fraction of sp³-hybridized carbons (Fsp3) is 0.263. The molecule has 0 fully saturated rings. The number of fused-ring (bicyclic) bond motifs is 1. The second-order valence-electron chi connectivity index (χ2n) is 6.17. The van der Waals surface area contributed by atoms with E-state index in [1.165, 1.54) is 18.5 Å². The number of anilines is 1. The van der Waals surface area contributed by atoms with Gasteiger partial charge in [0.05, 0.1) is 28.7 Å². The summed E-state index contributed by atoms with van der Waals surface area (Å²) in [6.07, 6.45) is 1.82. The van der Waals surface area contributed by atoms with E-state index in [1.54, 1.807) is 0 Å². The van der Waals surface area contributed by atoms with Gasteiger partial charge in [0.15, 0.2) is 0 Å². The number of aromatic amines is 1. The van der Waals surface area contributed by atoms with E-state index < -0.39 is 10.5 Å². The number of nitrogens with zero attached hydrogens (tertiary/aromatic N) is 2. The molecule has 0 bridgehead atoms. The van der Waals surface area contributed by atoms with E-state index in [0.29, 0.717) is 17.7 Å². The predicted molar refractivity (Wildman–Crippen MR) is 103 cm³/mol. The molecule has 1 unspecified atom stereocenters. The number of nitrogens with one attached hydrogen (secondary N) is 2. The first kappa shape index (κ1) is 18.4. The summed E-state index contributed by atoms with van der Waals surface area (Å²) in [6, 6.07) is 10.5. The smallest absolute Gasteiger partial charge is 0.293 e. The molecule has 0 aliphatic rings. The normalized spacial score (nSPS) is 11.9. The number of para-hydroxylation sites is 1. The van der Waals surface area contributed by atoms with Crippen LogP contribution in [0.15, 0.2) is 47.5 Å². The standard InChI is InChI=1S/C19H20N4O4/c1-3-13(27-18-7-5-4-6-12(18)2)10-20-16-9-15-14(8-17(16)23(25)26)19(24)22-11-21-15/h4-9,11,13,20H,3,10H2,1-2H3,(H,21,22,24). The van der Waals surface area contributed by atoms with Gasteiger partial charge in [-0.25, -0.2) is 4.98 Å². The fourth-order valence-electron chi connectivity index (χ4n) is 2.76. The van der Waals surface area contributed by atoms with Gasteiger partial charge >= 0.3 is 0 Å². The monoisotopic (exact) mass is 368 g/mol. The maximum Gasteiger partial charge on any atom is 0.293 e. The molecule has 0 saturated heterocycles. The van der Waals surface area contributed by atoms with E-state index in [1.807, 2.05) is 38.1 Å². The summed E-state index contributed by atoms with van der Waals surface area (Å²) in [4.78, 5) is 29.3. The van der Waals surface area contributed by atoms with Gasteiger partial charge in [0, 0.05) is 6.07 Å². The second kappa shape index (κ2) is 7.86. The number of benzene rings is 2. The zero-order valence-electron chi connectivity index (χ0n) is 15.1. The van der Waals surface area contributed by atoms with Crippen molar-refractivity contribution < 1.29 is 9.66 Å². The van der Waals surface area contributed by atoms with Gasteiger partial charge < -0.3 is 15.0 Å². The first-order valence-corrected chi connectivity index (χ1v) is 8.61. The Hall–Kier alpha value is -3.42. The summed E-state index contributed by atoms with van der Waals surface area (Å²) in [7, 11) is 0. The second-order valence-corrected chi connectivity index (χ2v) is 6.17. The van der Waals surface area contributed by atoms with Crippen LogP contribution in [0, 0.1) is 17.0 Å². The highest BCUT2D eigenvalue weighted by atomic mass is 16.6. The van der Waals surface area contributed by atoms with Crippen molar-refractivity contribution in [2.24, 2.45) is 0 Å². The summed E-state index contributed by atoms with van der Waals surface area (Å²) in [5.41, 5.74) is 1.13. The molecule has 2 N–H and O–H groups in total. The molecule has 0 radical (unpaired) electrons. The van der Waals surface area contributed by atoms with Crippen LogP contribution in [0.3, 0.4) is 0 Å². The third-order valence-electron chi connectivity index (χ3n) is 4.32. The number of hydrogen-bond acceptors (Lipinski definition) is 6. The summed E-state index contributed by atoms with van der Waals surface area (Å²) in [5, 5.41) is 14.7. The molecule has 0 aliphatic heterocycles. The molecule has 0 amide bonds. The Balaban J connectivity index is 1.84. The number of nitro groups is 1. The topological polar surface area (TPSA) is 110 Å². The van der Waals surface area contributed by atoms with E-state index in [9.17, 15) is 14.9 Å². The van der Waals surface area contributed by atoms with E-state index in [-0.39, 0.29) is 17.2 Å². The van der Waals surface area contributed by atoms with Gasteiger partial charge in [-0.05, 0) is 31.0 Å². The Morgan fingerprint density at radius 3 is 2.81 bits per heavy atom. The average Bonchev–Trinajstić information content (AvgIpc) is 2.66. The number of nitro benzene ring substituents is 1. The average molecular weight is 368 g/mol. The maximum absolute atomic E-state index is 11.9. The zero-order chi connectivity index (χ0) is 19.4. The molecular formula is C19H20N4O4. The van der Waals surface area contributed by atoms with Crippen molar-refractivity contribution in [3.8, 4) is 5.75 Å². The Kier molecular flexibility index (Phi) is 5.35. The summed E-state index contributed by atoms with van der Waals surface area (Å²) in [5.74, 6) is 0.785. The third-order valence-corrected chi connectivity index (χ3v) is 4.32. The van der Waals surface area contributed by atoms with Gasteiger partial charge in [-0.2, -0.15) is 0 Å². The molecule has 0 spiro atoms. The van der Waals surface area contributed by atoms with Crippen molar-refractivity contribution >= 4 is 22.3 Å². The first-order valence-electron chi connectivity index (χ1n) is 8.61. The van der Waals surface area contributed by atoms with Crippen LogP contribution >= 0.6 is 0 Å². The largest absolute Gasteiger partial charge is 0.488 e. The van der Waals surface area contributed by atoms with Gasteiger partial charge in [0.2, 0.25) is 0 Å². The van der Waals surface area contributed by atoms with Crippen molar-refractivity contribution in [3.63, 3.8) is 0 Å². The van der Waals surface area contributed by atoms with Gasteiger partial charge in [-0.1, -0.05) is 25.1 Å². The molecule has 27 heavy (non-hydrogen) atoms. The van der Waals surface area contributed by atoms with Crippen molar-refractivity contribution in [1.82, 2.24) is 9.97 Å². The van der Waals surface area contributed by atoms with E-state index in [4.69, 9.17) is 4.74 Å². The maximum atomic E-state index is 11.9. The minimum absolute atomic E-state index is 0.173. The lowest BCUT2D eigenvalue weighted by atomic mass is 10.1. The number of ether oxygens (including phenoxy) is 1. The van der Waals surface area contributed by atoms with Crippen LogP contribution in [-0.4, -0.2) is 27.5 Å². The van der Waals surface area contributed by atoms with Gasteiger partial charge in [0.1, 0.15) is 17.5 Å². The van der Waals surface area contributed by atoms with Crippen LogP contribution in [0.4, 0.5) is 11.4 Å². The van der Waals surface area contributed by atoms with E-state index in [2.05, 4.69) is 15.3 Å². The van der Waals surface area contributed by atoms with Crippen LogP contribution in [0.25, 0.3) is 10.9 Å². The Morgan fingerprint density at radius 1 is 1.33 bits per heavy atom. The molecule has 3 aromatic rings. The predicted octanol–water partition coefficient (Wildman–Crippen LogP) is 3.41. The summed E-state index contributed by atoms with van der Waals surface area (Å²) >= 11 is 0. The van der Waals surface area contributed by atoms with Crippen molar-refractivity contribution in [3.05, 3.63) is 68.8 Å². The number of aromatic nitrogens is 2. The fourth-order valence-corrected chi connectivity index (χ4v) is 2.76. The minimum atomic E-state index is -0.517. The molecule has 140 valence electrons. The van der Waals surface area contributed by atoms with Crippen LogP contribution in [0.5, 0.6) is 5.75 Å². The minimum Gasteiger partial charge on any atom is -0.488 e. The highest BCUT2D eigenvalue weighted by Crippen LogP contribution is 2.28. The van der Waals surface area contributed by atoms with Crippen molar-refractivity contribution in [2.75, 3.05) is 11.9 Å². The van der Waals surface area contributed by atoms with Crippen molar-refractivity contribution in [1.29, 1.82) is 0 Å². The van der Waals surface area contributed by atoms with E-state index in [0.717, 1.165) is 17.7 Å². The lowest BCUT2D eigenvalue weighted by Gasteiger charge is -2.20. The molecule has 0 saturated carbocycles. The highest BCUT2D eigenvalue weighted by Gasteiger charge is 2.18. The molecule has 0 aliphatic carbocycles. The van der Waals surface area contributed by atoms with Crippen LogP contribution in [0.1, 0.15) is 18.9 Å². The molecule has 8 nitrogen and oxygen atoms in total. The van der Waals surface area contributed by atoms with Gasteiger partial charge in [-0.15, -0.1) is 0 Å². The molecule has 8 heteroatoms. The van der Waals surface area contributed by atoms with Gasteiger partial charge in [0.25, 0.3) is 11.2 Å². The molecule has 2 aromatic carbocycles. The zero-order valence-corrected chi connectivity index (χ0v) is 15.1. The summed E-state index contributed by atoms with van der Waals surface area (Å²) < 4.78 is 6.02. The van der Waals surface area contributed by atoms with Crippen LogP contribution in [0.2, 0.25) is 0 Å². The van der Waals surface area contributed by atoms with Gasteiger partial charge in [-0.3, -0.25) is 14.9 Å². The van der Waals surface area contributed by atoms with Crippen molar-refractivity contribution in [2.45, 2.75) is 26.4 Å². The first-order chi connectivity index (χ1) is 13.0. The quantitative estimate of drug-likeness (QED) is 0.488. The highest BCUT2D eigenvalue weighted by molar-refractivity contribution is 5.86. The Labute approximate surface area is 155 Å². The SMILES string of the molecule is CCC(CNc1cc2nc[nH]c(=O)c2cc1[N+](=O)[O-])Oc1ccccc1C. The number of rotatable bonds is 7. The number of aryl methyl sites for hydroxylation is 1. The van der Waals surface area contributed by atoms with E-state index >= 15 is 0 Å². The molecular weight excluding hydrogens is 348 g/mol. The number of hydrogen-bond donors (Lipinski definition) is 2. The molecule has 1 atom stereocenters. The molecule has 1 heterocycles. The lowest BCUT2D eigenvalue weighted by molar-refractivity contribution is -0.383. The summed E-state index contributed by atoms with van der Waals surface area (Å²) in [6.45, 7) is 4.33. The van der Waals surface area contributed by atoms with Crippen LogP contribution in [-0.2, 0) is 0 Å². The van der Waals surface area contributed by atoms with Crippen LogP contribution < -0.4 is 15.6 Å². The Bertz CT molecular complexity index is 1030. The third kappa shape index (κ3) is 4.05. The Morgan fingerprint density at radius 2 is 2.11 bits per heavy atom. The molecule has 1 aromatic heterocycles. The molecule has 3 rings (SSSR count). The number of H-pyrrole nitrogens is 1. The lowest BCUT2D eigenvalue weighted by Crippen LogP contribution is -2.26.